The number of methoxy groups -OCH3 is 1. The molecule has 0 saturated heterocycles. The summed E-state index contributed by atoms with van der Waals surface area (Å²) >= 11 is 1.68. The normalized spacial score (nSPS) is 13.7. The van der Waals surface area contributed by atoms with Crippen LogP contribution in [0.15, 0.2) is 76.2 Å². The van der Waals surface area contributed by atoms with E-state index in [1.807, 2.05) is 50.3 Å². The average Bonchev–Trinajstić information content (AvgIpc) is 2.89. The molecule has 6 heteroatoms. The number of carbonyl (C=O) groups is 1. The predicted octanol–water partition coefficient (Wildman–Crippen LogP) is 2.96. The first-order valence-electron chi connectivity index (χ1n) is 9.46. The van der Waals surface area contributed by atoms with E-state index in [0.29, 0.717) is 6.61 Å². The highest BCUT2D eigenvalue weighted by molar-refractivity contribution is 8.03. The van der Waals surface area contributed by atoms with Crippen molar-refractivity contribution in [3.63, 3.8) is 0 Å². The number of ether oxygens (including phenoxy) is 1. The van der Waals surface area contributed by atoms with E-state index >= 15 is 0 Å². The molecule has 5 nitrogen and oxygen atoms in total. The molecule has 3 rings (SSSR count). The zero-order valence-electron chi connectivity index (χ0n) is 16.8. The van der Waals surface area contributed by atoms with Crippen LogP contribution in [0.1, 0.15) is 31.4 Å². The Bertz CT molecular complexity index is 962. The van der Waals surface area contributed by atoms with E-state index in [0.717, 1.165) is 38.1 Å². The molecule has 150 valence electrons. The first-order chi connectivity index (χ1) is 14.1. The quantitative estimate of drug-likeness (QED) is 0.691. The molecule has 2 N–H and O–H groups in total. The van der Waals surface area contributed by atoms with Crippen LogP contribution in [0, 0.1) is 0 Å². The molecule has 0 bridgehead atoms. The van der Waals surface area contributed by atoms with Crippen LogP contribution in [0.4, 0.5) is 0 Å². The minimum absolute atomic E-state index is 0.168. The maximum atomic E-state index is 11.7. The van der Waals surface area contributed by atoms with Crippen molar-refractivity contribution in [2.24, 2.45) is 0 Å². The van der Waals surface area contributed by atoms with Gasteiger partial charge in [0.05, 0.1) is 24.2 Å². The topological polar surface area (TPSA) is 61.5 Å². The van der Waals surface area contributed by atoms with Gasteiger partial charge in [-0.05, 0) is 49.4 Å². The molecule has 1 aliphatic rings. The van der Waals surface area contributed by atoms with Crippen LogP contribution in [0.5, 0.6) is 5.75 Å². The van der Waals surface area contributed by atoms with Gasteiger partial charge in [-0.15, -0.1) is 0 Å². The Labute approximate surface area is 175 Å². The maximum Gasteiger partial charge on any atom is 0.247 e. The lowest BCUT2D eigenvalue weighted by Gasteiger charge is -2.06. The number of nitrogens with one attached hydrogen (secondary N) is 2. The summed E-state index contributed by atoms with van der Waals surface area (Å²) in [6, 6.07) is 16.3. The number of hydroxylamine groups is 1. The molecule has 29 heavy (non-hydrogen) atoms. The van der Waals surface area contributed by atoms with Crippen LogP contribution in [-0.2, 0) is 9.63 Å². The molecule has 0 fully saturated rings. The first-order valence-corrected chi connectivity index (χ1v) is 10.3. The van der Waals surface area contributed by atoms with E-state index in [4.69, 9.17) is 9.57 Å². The fourth-order valence-electron chi connectivity index (χ4n) is 2.89. The molecule has 1 heterocycles. The molecule has 0 aliphatic carbocycles. The van der Waals surface area contributed by atoms with Gasteiger partial charge in [-0.2, -0.15) is 0 Å². The number of amides is 1. The summed E-state index contributed by atoms with van der Waals surface area (Å²) < 4.78 is 5.28. The van der Waals surface area contributed by atoms with Crippen molar-refractivity contribution in [1.82, 2.24) is 5.48 Å². The van der Waals surface area contributed by atoms with Gasteiger partial charge in [0, 0.05) is 23.8 Å². The zero-order valence-corrected chi connectivity index (χ0v) is 17.6. The SMILES string of the molecule is CCONC(=O)C/C=C\C1=C(C)[NH+]=C(c2ccc(OC)cc2)c2ccccc2S1. The van der Waals surface area contributed by atoms with Gasteiger partial charge >= 0.3 is 0 Å². The molecule has 2 aromatic rings. The van der Waals surface area contributed by atoms with Crippen LogP contribution in [0.2, 0.25) is 0 Å². The van der Waals surface area contributed by atoms with Crippen molar-refractivity contribution >= 4 is 23.4 Å². The van der Waals surface area contributed by atoms with E-state index < -0.39 is 0 Å². The largest absolute Gasteiger partial charge is 0.497 e. The molecule has 0 saturated carbocycles. The average molecular weight is 410 g/mol. The summed E-state index contributed by atoms with van der Waals surface area (Å²) in [6.07, 6.45) is 4.09. The van der Waals surface area contributed by atoms with Gasteiger partial charge in [0.15, 0.2) is 5.70 Å². The van der Waals surface area contributed by atoms with Crippen molar-refractivity contribution in [1.29, 1.82) is 0 Å². The number of hydrogen-bond acceptors (Lipinski definition) is 4. The number of thioether (sulfide) groups is 1. The Kier molecular flexibility index (Phi) is 7.27. The Morgan fingerprint density at radius 3 is 2.66 bits per heavy atom. The maximum absolute atomic E-state index is 11.7. The highest BCUT2D eigenvalue weighted by atomic mass is 32.2. The van der Waals surface area contributed by atoms with Gasteiger partial charge in [0.25, 0.3) is 0 Å². The van der Waals surface area contributed by atoms with Crippen molar-refractivity contribution in [3.8, 4) is 5.75 Å². The fraction of sp³-hybridized carbons (Fsp3) is 0.217. The van der Waals surface area contributed by atoms with Gasteiger partial charge in [-0.25, -0.2) is 10.5 Å². The molecule has 0 unspecified atom stereocenters. The molecule has 1 aliphatic heterocycles. The molecule has 0 spiro atoms. The molecule has 0 aromatic heterocycles. The zero-order chi connectivity index (χ0) is 20.6. The van der Waals surface area contributed by atoms with Crippen LogP contribution < -0.4 is 15.2 Å². The van der Waals surface area contributed by atoms with Gasteiger partial charge in [-0.1, -0.05) is 30.0 Å². The van der Waals surface area contributed by atoms with E-state index in [1.165, 1.54) is 0 Å². The van der Waals surface area contributed by atoms with Crippen LogP contribution in [-0.4, -0.2) is 25.3 Å². The third kappa shape index (κ3) is 5.37. The van der Waals surface area contributed by atoms with Gasteiger partial charge in [0.1, 0.15) is 5.75 Å². The van der Waals surface area contributed by atoms with Crippen LogP contribution in [0.3, 0.4) is 0 Å². The Morgan fingerprint density at radius 2 is 1.93 bits per heavy atom. The summed E-state index contributed by atoms with van der Waals surface area (Å²) in [5.74, 6) is 0.658. The summed E-state index contributed by atoms with van der Waals surface area (Å²) in [4.78, 5) is 22.5. The molecule has 0 atom stereocenters. The molecule has 0 radical (unpaired) electrons. The van der Waals surface area contributed by atoms with E-state index in [2.05, 4.69) is 34.7 Å². The monoisotopic (exact) mass is 409 g/mol. The highest BCUT2D eigenvalue weighted by Gasteiger charge is 2.23. The summed E-state index contributed by atoms with van der Waals surface area (Å²) in [5.41, 5.74) is 6.70. The third-order valence-corrected chi connectivity index (χ3v) is 5.58. The highest BCUT2D eigenvalue weighted by Crippen LogP contribution is 2.33. The molecular formula is C23H25N2O3S+. The Morgan fingerprint density at radius 1 is 1.17 bits per heavy atom. The lowest BCUT2D eigenvalue weighted by molar-refractivity contribution is -0.395. The second-order valence-corrected chi connectivity index (χ2v) is 7.46. The van der Waals surface area contributed by atoms with Gasteiger partial charge in [-0.3, -0.25) is 9.63 Å². The first kappa shape index (κ1) is 20.9. The summed E-state index contributed by atoms with van der Waals surface area (Å²) in [7, 11) is 1.66. The number of allylic oxidation sites excluding steroid dienone is 2. The fourth-order valence-corrected chi connectivity index (χ4v) is 3.92. The smallest absolute Gasteiger partial charge is 0.247 e. The van der Waals surface area contributed by atoms with Gasteiger partial charge < -0.3 is 4.74 Å². The number of hydrogen-bond donors (Lipinski definition) is 2. The number of rotatable bonds is 7. The minimum Gasteiger partial charge on any atom is -0.497 e. The van der Waals surface area contributed by atoms with E-state index in [9.17, 15) is 4.79 Å². The predicted molar refractivity (Wildman–Crippen MR) is 116 cm³/mol. The number of carbonyl (C=O) groups excluding carboxylic acids is 1. The minimum atomic E-state index is -0.168. The van der Waals surface area contributed by atoms with E-state index in [-0.39, 0.29) is 12.3 Å². The van der Waals surface area contributed by atoms with Crippen molar-refractivity contribution in [2.45, 2.75) is 25.2 Å². The Hall–Kier alpha value is -2.83. The number of fused-ring (bicyclic) bond motifs is 1. The standard InChI is InChI=1S/C23H24N2O3S/c1-4-28-25-22(26)11-7-10-20-16(2)24-23(17-12-14-18(27-3)15-13-17)19-8-5-6-9-21(19)29-20/h5-10,12-15H,4,11H2,1-3H3,(H,25,26)/p+1/b10-7-. The summed E-state index contributed by atoms with van der Waals surface area (Å²) in [6.45, 7) is 4.31. The van der Waals surface area contributed by atoms with Gasteiger partial charge in [0.2, 0.25) is 11.6 Å². The van der Waals surface area contributed by atoms with Crippen LogP contribution >= 0.6 is 11.8 Å². The van der Waals surface area contributed by atoms with E-state index in [1.54, 1.807) is 18.9 Å². The van der Waals surface area contributed by atoms with Crippen molar-refractivity contribution < 1.29 is 19.4 Å². The van der Waals surface area contributed by atoms with Crippen molar-refractivity contribution in [3.05, 3.63) is 82.4 Å². The van der Waals surface area contributed by atoms with Crippen molar-refractivity contribution in [2.75, 3.05) is 13.7 Å². The lowest BCUT2D eigenvalue weighted by atomic mass is 10.0. The second-order valence-electron chi connectivity index (χ2n) is 6.38. The Balaban J connectivity index is 1.92. The summed E-state index contributed by atoms with van der Waals surface area (Å²) in [5, 5.41) is 0. The second kappa shape index (κ2) is 10.1. The lowest BCUT2D eigenvalue weighted by Crippen LogP contribution is -2.70. The third-order valence-electron chi connectivity index (χ3n) is 4.34. The molecule has 1 amide bonds. The number of benzene rings is 2. The molecule has 2 aromatic carbocycles. The van der Waals surface area contributed by atoms with Crippen LogP contribution in [0.25, 0.3) is 0 Å². The molecular weight excluding hydrogens is 384 g/mol.